The molecule has 0 heterocycles. The Kier molecular flexibility index (Phi) is 3.47. The summed E-state index contributed by atoms with van der Waals surface area (Å²) in [4.78, 5) is 0. The summed E-state index contributed by atoms with van der Waals surface area (Å²) in [5, 5.41) is 0.443. The fraction of sp³-hybridized carbons (Fsp3) is 0.538. The van der Waals surface area contributed by atoms with Gasteiger partial charge in [-0.1, -0.05) is 36.8 Å². The fourth-order valence-electron chi connectivity index (χ4n) is 2.31. The third kappa shape index (κ3) is 2.51. The van der Waals surface area contributed by atoms with E-state index in [0.29, 0.717) is 5.38 Å². The quantitative estimate of drug-likeness (QED) is 0.658. The van der Waals surface area contributed by atoms with E-state index in [2.05, 4.69) is 30.3 Å². The predicted octanol–water partition coefficient (Wildman–Crippen LogP) is 4.03. The molecule has 0 bridgehead atoms. The molecule has 2 atom stereocenters. The van der Waals surface area contributed by atoms with Crippen molar-refractivity contribution in [2.24, 2.45) is 5.92 Å². The van der Waals surface area contributed by atoms with Crippen molar-refractivity contribution < 1.29 is 0 Å². The SMILES string of the molecule is ClC1CCCC1CCc1ccccc1. The largest absolute Gasteiger partial charge is 0.123 e. The van der Waals surface area contributed by atoms with Gasteiger partial charge in [0.2, 0.25) is 0 Å². The van der Waals surface area contributed by atoms with Gasteiger partial charge in [-0.3, -0.25) is 0 Å². The summed E-state index contributed by atoms with van der Waals surface area (Å²) in [6.45, 7) is 0. The Bertz CT molecular complexity index is 268. The van der Waals surface area contributed by atoms with Crippen molar-refractivity contribution in [3.8, 4) is 0 Å². The topological polar surface area (TPSA) is 0 Å². The molecule has 1 aromatic carbocycles. The molecule has 0 aliphatic heterocycles. The number of hydrogen-bond donors (Lipinski definition) is 0. The van der Waals surface area contributed by atoms with Gasteiger partial charge in [0.15, 0.2) is 0 Å². The predicted molar refractivity (Wildman–Crippen MR) is 61.7 cm³/mol. The van der Waals surface area contributed by atoms with Crippen LogP contribution in [0.4, 0.5) is 0 Å². The van der Waals surface area contributed by atoms with Gasteiger partial charge in [0.05, 0.1) is 0 Å². The standard InChI is InChI=1S/C13H17Cl/c14-13-8-4-7-12(13)10-9-11-5-2-1-3-6-11/h1-3,5-6,12-13H,4,7-10H2. The molecule has 0 spiro atoms. The molecule has 0 amide bonds. The van der Waals surface area contributed by atoms with Crippen molar-refractivity contribution >= 4 is 11.6 Å². The van der Waals surface area contributed by atoms with Crippen LogP contribution in [0.5, 0.6) is 0 Å². The van der Waals surface area contributed by atoms with E-state index in [1.54, 1.807) is 0 Å². The lowest BCUT2D eigenvalue weighted by Gasteiger charge is -2.12. The zero-order chi connectivity index (χ0) is 9.80. The van der Waals surface area contributed by atoms with E-state index in [0.717, 1.165) is 5.92 Å². The Balaban J connectivity index is 1.82. The lowest BCUT2D eigenvalue weighted by molar-refractivity contribution is 0.509. The summed E-state index contributed by atoms with van der Waals surface area (Å²) in [6.07, 6.45) is 6.34. The van der Waals surface area contributed by atoms with Crippen LogP contribution in [-0.2, 0) is 6.42 Å². The molecule has 0 saturated heterocycles. The molecule has 76 valence electrons. The van der Waals surface area contributed by atoms with Crippen molar-refractivity contribution in [1.29, 1.82) is 0 Å². The minimum atomic E-state index is 0.443. The van der Waals surface area contributed by atoms with Crippen LogP contribution in [0.3, 0.4) is 0 Å². The van der Waals surface area contributed by atoms with E-state index in [1.807, 2.05) is 0 Å². The van der Waals surface area contributed by atoms with Gasteiger partial charge in [0, 0.05) is 5.38 Å². The zero-order valence-electron chi connectivity index (χ0n) is 8.45. The van der Waals surface area contributed by atoms with Crippen LogP contribution in [0.25, 0.3) is 0 Å². The molecule has 1 aliphatic carbocycles. The maximum absolute atomic E-state index is 6.24. The number of aryl methyl sites for hydroxylation is 1. The molecule has 1 aromatic rings. The first kappa shape index (κ1) is 10.0. The van der Waals surface area contributed by atoms with Crippen LogP contribution in [0.15, 0.2) is 30.3 Å². The van der Waals surface area contributed by atoms with E-state index in [1.165, 1.54) is 37.7 Å². The molecular weight excluding hydrogens is 192 g/mol. The Morgan fingerprint density at radius 1 is 1.14 bits per heavy atom. The monoisotopic (exact) mass is 208 g/mol. The highest BCUT2D eigenvalue weighted by Gasteiger charge is 2.24. The molecule has 1 aliphatic rings. The second-order valence-corrected chi connectivity index (χ2v) is 4.79. The third-order valence-corrected chi connectivity index (χ3v) is 3.79. The van der Waals surface area contributed by atoms with E-state index < -0.39 is 0 Å². The van der Waals surface area contributed by atoms with E-state index >= 15 is 0 Å². The van der Waals surface area contributed by atoms with Crippen molar-refractivity contribution in [1.82, 2.24) is 0 Å². The van der Waals surface area contributed by atoms with Gasteiger partial charge in [-0.05, 0) is 37.2 Å². The molecule has 1 fully saturated rings. The van der Waals surface area contributed by atoms with Crippen LogP contribution in [0.1, 0.15) is 31.2 Å². The van der Waals surface area contributed by atoms with Gasteiger partial charge in [-0.25, -0.2) is 0 Å². The molecule has 2 rings (SSSR count). The van der Waals surface area contributed by atoms with Crippen LogP contribution in [0.2, 0.25) is 0 Å². The summed E-state index contributed by atoms with van der Waals surface area (Å²) in [5.74, 6) is 0.761. The van der Waals surface area contributed by atoms with Gasteiger partial charge < -0.3 is 0 Å². The van der Waals surface area contributed by atoms with E-state index in [4.69, 9.17) is 11.6 Å². The molecular formula is C13H17Cl. The lowest BCUT2D eigenvalue weighted by Crippen LogP contribution is -2.07. The van der Waals surface area contributed by atoms with Crippen molar-refractivity contribution in [3.63, 3.8) is 0 Å². The third-order valence-electron chi connectivity index (χ3n) is 3.21. The first-order chi connectivity index (χ1) is 6.86. The second kappa shape index (κ2) is 4.84. The fourth-order valence-corrected chi connectivity index (χ4v) is 2.72. The molecule has 0 nitrogen and oxygen atoms in total. The smallest absolute Gasteiger partial charge is 0.0364 e. The van der Waals surface area contributed by atoms with Crippen molar-refractivity contribution in [2.45, 2.75) is 37.5 Å². The van der Waals surface area contributed by atoms with Crippen LogP contribution in [-0.4, -0.2) is 5.38 Å². The highest BCUT2D eigenvalue weighted by atomic mass is 35.5. The molecule has 0 aromatic heterocycles. The molecule has 2 unspecified atom stereocenters. The first-order valence-electron chi connectivity index (χ1n) is 5.54. The van der Waals surface area contributed by atoms with Gasteiger partial charge in [0.1, 0.15) is 0 Å². The van der Waals surface area contributed by atoms with E-state index in [-0.39, 0.29) is 0 Å². The summed E-state index contributed by atoms with van der Waals surface area (Å²) in [7, 11) is 0. The Labute approximate surface area is 91.3 Å². The minimum absolute atomic E-state index is 0.443. The average Bonchev–Trinajstić information content (AvgIpc) is 2.63. The van der Waals surface area contributed by atoms with Gasteiger partial charge in [0.25, 0.3) is 0 Å². The van der Waals surface area contributed by atoms with Crippen molar-refractivity contribution in [3.05, 3.63) is 35.9 Å². The second-order valence-electron chi connectivity index (χ2n) is 4.23. The van der Waals surface area contributed by atoms with Crippen LogP contribution < -0.4 is 0 Å². The van der Waals surface area contributed by atoms with Crippen LogP contribution >= 0.6 is 11.6 Å². The Morgan fingerprint density at radius 3 is 2.57 bits per heavy atom. The van der Waals surface area contributed by atoms with Gasteiger partial charge in [-0.2, -0.15) is 0 Å². The first-order valence-corrected chi connectivity index (χ1v) is 5.98. The highest BCUT2D eigenvalue weighted by Crippen LogP contribution is 2.33. The number of benzene rings is 1. The van der Waals surface area contributed by atoms with Crippen LogP contribution in [0, 0.1) is 5.92 Å². The number of halogens is 1. The van der Waals surface area contributed by atoms with Gasteiger partial charge in [-0.15, -0.1) is 11.6 Å². The maximum atomic E-state index is 6.24. The minimum Gasteiger partial charge on any atom is -0.123 e. The average molecular weight is 209 g/mol. The number of rotatable bonds is 3. The number of hydrogen-bond acceptors (Lipinski definition) is 0. The number of alkyl halides is 1. The molecule has 14 heavy (non-hydrogen) atoms. The van der Waals surface area contributed by atoms with Crippen molar-refractivity contribution in [2.75, 3.05) is 0 Å². The molecule has 0 N–H and O–H groups in total. The maximum Gasteiger partial charge on any atom is 0.0364 e. The Morgan fingerprint density at radius 2 is 1.93 bits per heavy atom. The normalized spacial score (nSPS) is 26.6. The highest BCUT2D eigenvalue weighted by molar-refractivity contribution is 6.20. The summed E-state index contributed by atoms with van der Waals surface area (Å²) in [5.41, 5.74) is 1.45. The lowest BCUT2D eigenvalue weighted by atomic mass is 9.98. The Hall–Kier alpha value is -0.490. The molecule has 1 saturated carbocycles. The summed E-state index contributed by atoms with van der Waals surface area (Å²) in [6, 6.07) is 10.7. The van der Waals surface area contributed by atoms with E-state index in [9.17, 15) is 0 Å². The zero-order valence-corrected chi connectivity index (χ0v) is 9.21. The molecule has 0 radical (unpaired) electrons. The summed E-state index contributed by atoms with van der Waals surface area (Å²) >= 11 is 6.24. The van der Waals surface area contributed by atoms with Gasteiger partial charge >= 0.3 is 0 Å². The molecule has 1 heteroatoms. The summed E-state index contributed by atoms with van der Waals surface area (Å²) < 4.78 is 0.